The highest BCUT2D eigenvalue weighted by Gasteiger charge is 2.46. The van der Waals surface area contributed by atoms with Crippen LogP contribution >= 0.6 is 0 Å². The van der Waals surface area contributed by atoms with E-state index in [0.29, 0.717) is 38.4 Å². The average Bonchev–Trinajstić information content (AvgIpc) is 3.37. The third-order valence-electron chi connectivity index (χ3n) is 8.33. The van der Waals surface area contributed by atoms with E-state index in [-0.39, 0.29) is 29.6 Å². The van der Waals surface area contributed by atoms with Crippen molar-refractivity contribution in [1.82, 2.24) is 15.1 Å². The fourth-order valence-electron chi connectivity index (χ4n) is 6.23. The summed E-state index contributed by atoms with van der Waals surface area (Å²) in [5.41, 5.74) is 4.00. The van der Waals surface area contributed by atoms with Crippen molar-refractivity contribution in [1.29, 1.82) is 0 Å². The maximum Gasteiger partial charge on any atom is 0.254 e. The van der Waals surface area contributed by atoms with Crippen LogP contribution in [0.2, 0.25) is 0 Å². The number of fused-ring (bicyclic) bond motifs is 1. The van der Waals surface area contributed by atoms with Crippen molar-refractivity contribution < 1.29 is 19.1 Å². The van der Waals surface area contributed by atoms with Crippen LogP contribution in [0.15, 0.2) is 48.5 Å². The summed E-state index contributed by atoms with van der Waals surface area (Å²) < 4.78 is 5.38. The Morgan fingerprint density at radius 2 is 1.68 bits per heavy atom. The lowest BCUT2D eigenvalue weighted by atomic mass is 9.86. The predicted molar refractivity (Wildman–Crippen MR) is 141 cm³/mol. The van der Waals surface area contributed by atoms with E-state index in [1.807, 2.05) is 41.3 Å². The second kappa shape index (κ2) is 11.1. The molecule has 2 atom stereocenters. The second-order valence-electron chi connectivity index (χ2n) is 10.5. The van der Waals surface area contributed by atoms with Crippen molar-refractivity contribution in [2.45, 2.75) is 58.2 Å². The SMILES string of the molecule is CCC(CC)[C@@H]1C(=O)N[C@H](C2Cc3ccccc3C2)C(=O)N1Cc1cccc(C(=O)N2CCOCC2)c1. The Balaban J connectivity index is 1.40. The number of ether oxygens (including phenoxy) is 1. The molecular formula is C30H37N3O4. The fourth-order valence-corrected chi connectivity index (χ4v) is 6.23. The predicted octanol–water partition coefficient (Wildman–Crippen LogP) is 3.21. The number of nitrogens with zero attached hydrogens (tertiary/aromatic N) is 2. The minimum absolute atomic E-state index is 0.0146. The number of rotatable bonds is 7. The third kappa shape index (κ3) is 5.14. The van der Waals surface area contributed by atoms with Gasteiger partial charge in [-0.25, -0.2) is 0 Å². The molecule has 5 rings (SSSR count). The standard InChI is InChI=1S/C30H37N3O4/c1-3-21(4-2)27-28(34)31-26(25-17-22-9-5-6-10-23(22)18-25)30(36)33(27)19-20-8-7-11-24(16-20)29(35)32-12-14-37-15-13-32/h5-11,16,21,25-27H,3-4,12-15,17-19H2,1-2H3,(H,31,34)/t26-,27-/m1/s1. The summed E-state index contributed by atoms with van der Waals surface area (Å²) in [5.74, 6) is 0.0251. The van der Waals surface area contributed by atoms with E-state index < -0.39 is 12.1 Å². The van der Waals surface area contributed by atoms with Crippen molar-refractivity contribution in [2.24, 2.45) is 11.8 Å². The zero-order chi connectivity index (χ0) is 25.9. The molecule has 3 aliphatic rings. The molecule has 7 nitrogen and oxygen atoms in total. The number of carbonyl (C=O) groups is 3. The maximum absolute atomic E-state index is 14.0. The number of carbonyl (C=O) groups excluding carboxylic acids is 3. The van der Waals surface area contributed by atoms with Crippen LogP contribution in [-0.4, -0.2) is 65.9 Å². The Morgan fingerprint density at radius 1 is 1.00 bits per heavy atom. The first kappa shape index (κ1) is 25.5. The van der Waals surface area contributed by atoms with Crippen LogP contribution in [0.3, 0.4) is 0 Å². The van der Waals surface area contributed by atoms with Crippen LogP contribution in [0.1, 0.15) is 53.7 Å². The van der Waals surface area contributed by atoms with Gasteiger partial charge in [0.05, 0.1) is 13.2 Å². The molecule has 2 heterocycles. The monoisotopic (exact) mass is 503 g/mol. The molecule has 2 aromatic carbocycles. The van der Waals surface area contributed by atoms with Gasteiger partial charge in [-0.15, -0.1) is 0 Å². The third-order valence-corrected chi connectivity index (χ3v) is 8.33. The zero-order valence-electron chi connectivity index (χ0n) is 21.8. The van der Waals surface area contributed by atoms with Crippen molar-refractivity contribution in [3.63, 3.8) is 0 Å². The number of hydrogen-bond acceptors (Lipinski definition) is 4. The Hall–Kier alpha value is -3.19. The number of nitrogens with one attached hydrogen (secondary N) is 1. The highest BCUT2D eigenvalue weighted by Crippen LogP contribution is 2.33. The summed E-state index contributed by atoms with van der Waals surface area (Å²) in [6.45, 7) is 6.72. The van der Waals surface area contributed by atoms with E-state index in [4.69, 9.17) is 4.74 Å². The number of piperazine rings is 1. The van der Waals surface area contributed by atoms with Gasteiger partial charge in [0.2, 0.25) is 11.8 Å². The molecule has 0 saturated carbocycles. The van der Waals surface area contributed by atoms with E-state index >= 15 is 0 Å². The molecule has 196 valence electrons. The normalized spacial score (nSPS) is 22.4. The van der Waals surface area contributed by atoms with Gasteiger partial charge in [0.1, 0.15) is 12.1 Å². The van der Waals surface area contributed by atoms with E-state index in [1.54, 1.807) is 4.90 Å². The summed E-state index contributed by atoms with van der Waals surface area (Å²) >= 11 is 0. The Bertz CT molecular complexity index is 1130. The van der Waals surface area contributed by atoms with Gasteiger partial charge in [0, 0.05) is 25.2 Å². The molecule has 0 radical (unpaired) electrons. The lowest BCUT2D eigenvalue weighted by Gasteiger charge is -2.43. The van der Waals surface area contributed by atoms with Crippen molar-refractivity contribution in [2.75, 3.05) is 26.3 Å². The molecule has 2 aromatic rings. The molecule has 0 spiro atoms. The number of hydrogen-bond donors (Lipinski definition) is 1. The van der Waals surface area contributed by atoms with Gasteiger partial charge in [0.25, 0.3) is 5.91 Å². The molecule has 2 fully saturated rings. The highest BCUT2D eigenvalue weighted by atomic mass is 16.5. The minimum Gasteiger partial charge on any atom is -0.378 e. The van der Waals surface area contributed by atoms with Crippen LogP contribution in [0.25, 0.3) is 0 Å². The smallest absolute Gasteiger partial charge is 0.254 e. The molecule has 7 heteroatoms. The van der Waals surface area contributed by atoms with Gasteiger partial charge in [-0.3, -0.25) is 14.4 Å². The molecule has 2 aliphatic heterocycles. The molecule has 0 aromatic heterocycles. The largest absolute Gasteiger partial charge is 0.378 e. The van der Waals surface area contributed by atoms with E-state index in [2.05, 4.69) is 31.3 Å². The van der Waals surface area contributed by atoms with Gasteiger partial charge in [-0.1, -0.05) is 63.1 Å². The molecule has 1 aliphatic carbocycles. The quantitative estimate of drug-likeness (QED) is 0.630. The first-order valence-electron chi connectivity index (χ1n) is 13.6. The van der Waals surface area contributed by atoms with Gasteiger partial charge < -0.3 is 19.9 Å². The summed E-state index contributed by atoms with van der Waals surface area (Å²) in [5, 5.41) is 3.13. The van der Waals surface area contributed by atoms with E-state index in [0.717, 1.165) is 31.2 Å². The molecular weight excluding hydrogens is 466 g/mol. The van der Waals surface area contributed by atoms with Gasteiger partial charge in [0.15, 0.2) is 0 Å². The summed E-state index contributed by atoms with van der Waals surface area (Å²) in [6.07, 6.45) is 3.21. The summed E-state index contributed by atoms with van der Waals surface area (Å²) in [4.78, 5) is 44.3. The summed E-state index contributed by atoms with van der Waals surface area (Å²) in [6, 6.07) is 14.8. The topological polar surface area (TPSA) is 79.0 Å². The Morgan fingerprint density at radius 3 is 2.32 bits per heavy atom. The van der Waals surface area contributed by atoms with E-state index in [9.17, 15) is 14.4 Å². The number of benzene rings is 2. The van der Waals surface area contributed by atoms with Crippen LogP contribution in [-0.2, 0) is 33.7 Å². The molecule has 1 N–H and O–H groups in total. The average molecular weight is 504 g/mol. The first-order chi connectivity index (χ1) is 18.0. The molecule has 0 bridgehead atoms. The second-order valence-corrected chi connectivity index (χ2v) is 10.5. The summed E-state index contributed by atoms with van der Waals surface area (Å²) in [7, 11) is 0. The molecule has 3 amide bonds. The molecule has 2 saturated heterocycles. The maximum atomic E-state index is 14.0. The molecule has 37 heavy (non-hydrogen) atoms. The lowest BCUT2D eigenvalue weighted by Crippen LogP contribution is -2.66. The number of amides is 3. The highest BCUT2D eigenvalue weighted by molar-refractivity contribution is 5.97. The minimum atomic E-state index is -0.538. The van der Waals surface area contributed by atoms with Crippen molar-refractivity contribution in [3.05, 3.63) is 70.8 Å². The van der Waals surface area contributed by atoms with Crippen molar-refractivity contribution in [3.8, 4) is 0 Å². The van der Waals surface area contributed by atoms with Gasteiger partial charge in [-0.2, -0.15) is 0 Å². The van der Waals surface area contributed by atoms with Crippen LogP contribution in [0.4, 0.5) is 0 Å². The van der Waals surface area contributed by atoms with Crippen LogP contribution in [0, 0.1) is 11.8 Å². The Labute approximate surface area is 219 Å². The number of morpholine rings is 1. The lowest BCUT2D eigenvalue weighted by molar-refractivity contribution is -0.154. The first-order valence-corrected chi connectivity index (χ1v) is 13.6. The van der Waals surface area contributed by atoms with Gasteiger partial charge in [-0.05, 0) is 53.5 Å². The van der Waals surface area contributed by atoms with Gasteiger partial charge >= 0.3 is 0 Å². The van der Waals surface area contributed by atoms with E-state index in [1.165, 1.54) is 11.1 Å². The van der Waals surface area contributed by atoms with Crippen LogP contribution in [0.5, 0.6) is 0 Å². The van der Waals surface area contributed by atoms with Crippen molar-refractivity contribution >= 4 is 17.7 Å². The molecule has 0 unspecified atom stereocenters. The zero-order valence-corrected chi connectivity index (χ0v) is 21.8. The van der Waals surface area contributed by atoms with Crippen LogP contribution < -0.4 is 5.32 Å². The fraction of sp³-hybridized carbons (Fsp3) is 0.500. The Kier molecular flexibility index (Phi) is 7.60.